The number of para-hydroxylation sites is 2. The first-order valence-electron chi connectivity index (χ1n) is 5.86. The minimum atomic E-state index is -0.133. The summed E-state index contributed by atoms with van der Waals surface area (Å²) in [6.45, 7) is 0.516. The van der Waals surface area contributed by atoms with Crippen LogP contribution < -0.4 is 5.32 Å². The van der Waals surface area contributed by atoms with Crippen LogP contribution in [0.2, 0.25) is 0 Å². The van der Waals surface area contributed by atoms with Crippen LogP contribution in [0.5, 0.6) is 0 Å². The van der Waals surface area contributed by atoms with Crippen molar-refractivity contribution in [2.75, 3.05) is 0 Å². The quantitative estimate of drug-likeness (QED) is 0.710. The number of amides is 1. The van der Waals surface area contributed by atoms with E-state index in [1.165, 1.54) is 10.9 Å². The summed E-state index contributed by atoms with van der Waals surface area (Å²) in [6, 6.07) is 7.74. The Bertz CT molecular complexity index is 654. The van der Waals surface area contributed by atoms with E-state index in [-0.39, 0.29) is 12.5 Å². The van der Waals surface area contributed by atoms with E-state index in [1.807, 2.05) is 24.3 Å². The van der Waals surface area contributed by atoms with Crippen LogP contribution in [0.15, 0.2) is 36.7 Å². The van der Waals surface area contributed by atoms with E-state index < -0.39 is 0 Å². The van der Waals surface area contributed by atoms with Crippen LogP contribution in [0.4, 0.5) is 0 Å². The lowest BCUT2D eigenvalue weighted by Gasteiger charge is -2.02. The van der Waals surface area contributed by atoms with Gasteiger partial charge in [-0.1, -0.05) is 17.3 Å². The summed E-state index contributed by atoms with van der Waals surface area (Å²) in [5, 5.41) is 10.1. The number of aromatic nitrogens is 5. The largest absolute Gasteiger partial charge is 0.347 e. The number of hydrogen-bond acceptors (Lipinski definition) is 4. The lowest BCUT2D eigenvalue weighted by Crippen LogP contribution is -2.27. The van der Waals surface area contributed by atoms with E-state index in [9.17, 15) is 4.79 Å². The molecule has 2 heterocycles. The van der Waals surface area contributed by atoms with Crippen molar-refractivity contribution in [3.63, 3.8) is 0 Å². The highest BCUT2D eigenvalue weighted by Gasteiger charge is 2.05. The summed E-state index contributed by atoms with van der Waals surface area (Å²) in [5.74, 6) is 0.596. The Kier molecular flexibility index (Phi) is 2.93. The van der Waals surface area contributed by atoms with Gasteiger partial charge in [-0.15, -0.1) is 5.10 Å². The molecule has 3 rings (SSSR count). The van der Waals surface area contributed by atoms with Gasteiger partial charge in [-0.25, -0.2) is 9.67 Å². The molecule has 0 unspecified atom stereocenters. The Morgan fingerprint density at radius 1 is 1.37 bits per heavy atom. The predicted octanol–water partition coefficient (Wildman–Crippen LogP) is 0.471. The van der Waals surface area contributed by atoms with Crippen molar-refractivity contribution in [1.29, 1.82) is 0 Å². The lowest BCUT2D eigenvalue weighted by atomic mass is 10.3. The van der Waals surface area contributed by atoms with E-state index in [2.05, 4.69) is 25.6 Å². The first kappa shape index (κ1) is 11.4. The lowest BCUT2D eigenvalue weighted by molar-refractivity contribution is -0.122. The molecule has 19 heavy (non-hydrogen) atoms. The van der Waals surface area contributed by atoms with Crippen molar-refractivity contribution in [1.82, 2.24) is 30.3 Å². The number of carbonyl (C=O) groups excluding carboxylic acids is 1. The van der Waals surface area contributed by atoms with Crippen LogP contribution in [0.3, 0.4) is 0 Å². The Balaban J connectivity index is 1.61. The summed E-state index contributed by atoms with van der Waals surface area (Å²) in [6.07, 6.45) is 3.17. The number of H-pyrrole nitrogens is 1. The number of imidazole rings is 1. The van der Waals surface area contributed by atoms with Crippen LogP contribution in [-0.2, 0) is 17.9 Å². The monoisotopic (exact) mass is 256 g/mol. The Morgan fingerprint density at radius 2 is 2.26 bits per heavy atom. The molecule has 0 atom stereocenters. The van der Waals surface area contributed by atoms with E-state index in [1.54, 1.807) is 6.20 Å². The van der Waals surface area contributed by atoms with Crippen LogP contribution in [-0.4, -0.2) is 30.9 Å². The molecule has 0 spiro atoms. The van der Waals surface area contributed by atoms with Gasteiger partial charge in [0.25, 0.3) is 0 Å². The molecule has 0 aliphatic rings. The van der Waals surface area contributed by atoms with E-state index >= 15 is 0 Å². The predicted molar refractivity (Wildman–Crippen MR) is 68.0 cm³/mol. The normalized spacial score (nSPS) is 10.7. The highest BCUT2D eigenvalue weighted by atomic mass is 16.2. The van der Waals surface area contributed by atoms with Crippen molar-refractivity contribution in [3.8, 4) is 0 Å². The number of benzene rings is 1. The molecule has 1 aromatic carbocycles. The van der Waals surface area contributed by atoms with Gasteiger partial charge in [0, 0.05) is 6.20 Å². The molecule has 0 aliphatic heterocycles. The van der Waals surface area contributed by atoms with Crippen molar-refractivity contribution in [2.45, 2.75) is 13.1 Å². The van der Waals surface area contributed by atoms with Crippen molar-refractivity contribution < 1.29 is 4.79 Å². The van der Waals surface area contributed by atoms with Gasteiger partial charge in [-0.05, 0) is 12.1 Å². The topological polar surface area (TPSA) is 88.5 Å². The molecule has 7 nitrogen and oxygen atoms in total. The van der Waals surface area contributed by atoms with Gasteiger partial charge in [-0.3, -0.25) is 4.79 Å². The van der Waals surface area contributed by atoms with E-state index in [0.717, 1.165) is 16.9 Å². The van der Waals surface area contributed by atoms with Crippen LogP contribution >= 0.6 is 0 Å². The van der Waals surface area contributed by atoms with Crippen LogP contribution in [0, 0.1) is 0 Å². The second-order valence-corrected chi connectivity index (χ2v) is 4.08. The molecule has 0 bridgehead atoms. The Labute approximate surface area is 108 Å². The summed E-state index contributed by atoms with van der Waals surface area (Å²) >= 11 is 0. The highest BCUT2D eigenvalue weighted by Crippen LogP contribution is 2.09. The number of hydrogen-bond donors (Lipinski definition) is 2. The van der Waals surface area contributed by atoms with Gasteiger partial charge in [0.15, 0.2) is 0 Å². The number of nitrogens with one attached hydrogen (secondary N) is 2. The zero-order valence-electron chi connectivity index (χ0n) is 10.1. The standard InChI is InChI=1S/C12H12N6O/c19-12(8-18-6-5-14-17-18)13-7-11-15-9-3-1-2-4-10(9)16-11/h1-6H,7-8H2,(H,13,19)(H,15,16). The molecule has 96 valence electrons. The molecule has 0 saturated heterocycles. The van der Waals surface area contributed by atoms with Gasteiger partial charge >= 0.3 is 0 Å². The summed E-state index contributed by atoms with van der Waals surface area (Å²) in [4.78, 5) is 19.2. The van der Waals surface area contributed by atoms with Crippen LogP contribution in [0.1, 0.15) is 5.82 Å². The Hall–Kier alpha value is -2.70. The average molecular weight is 256 g/mol. The van der Waals surface area contributed by atoms with E-state index in [0.29, 0.717) is 6.54 Å². The minimum absolute atomic E-state index is 0.133. The first-order valence-corrected chi connectivity index (χ1v) is 5.86. The fourth-order valence-corrected chi connectivity index (χ4v) is 1.79. The van der Waals surface area contributed by atoms with Crippen molar-refractivity contribution >= 4 is 16.9 Å². The SMILES string of the molecule is O=C(Cn1ccnn1)NCc1nc2ccccc2[nH]1. The molecule has 0 saturated carbocycles. The number of rotatable bonds is 4. The first-order chi connectivity index (χ1) is 9.31. The molecule has 0 radical (unpaired) electrons. The van der Waals surface area contributed by atoms with Gasteiger partial charge in [0.2, 0.25) is 5.91 Å². The smallest absolute Gasteiger partial charge is 0.242 e. The minimum Gasteiger partial charge on any atom is -0.347 e. The molecule has 7 heteroatoms. The molecule has 2 N–H and O–H groups in total. The molecule has 0 aliphatic carbocycles. The maximum absolute atomic E-state index is 11.7. The van der Waals surface area contributed by atoms with Gasteiger partial charge in [0.05, 0.1) is 23.8 Å². The van der Waals surface area contributed by atoms with Crippen molar-refractivity contribution in [2.24, 2.45) is 0 Å². The third-order valence-electron chi connectivity index (χ3n) is 2.67. The average Bonchev–Trinajstić information content (AvgIpc) is 3.04. The number of carbonyl (C=O) groups is 1. The molecular weight excluding hydrogens is 244 g/mol. The number of nitrogens with zero attached hydrogens (tertiary/aromatic N) is 4. The van der Waals surface area contributed by atoms with Gasteiger partial charge < -0.3 is 10.3 Å². The maximum Gasteiger partial charge on any atom is 0.242 e. The summed E-state index contributed by atoms with van der Waals surface area (Å²) < 4.78 is 1.47. The highest BCUT2D eigenvalue weighted by molar-refractivity contribution is 5.76. The molecule has 0 fully saturated rings. The summed E-state index contributed by atoms with van der Waals surface area (Å²) in [5.41, 5.74) is 1.85. The maximum atomic E-state index is 11.7. The number of aromatic amines is 1. The second kappa shape index (κ2) is 4.89. The molecule has 2 aromatic heterocycles. The third kappa shape index (κ3) is 2.59. The third-order valence-corrected chi connectivity index (χ3v) is 2.67. The molecule has 3 aromatic rings. The van der Waals surface area contributed by atoms with Gasteiger partial charge in [-0.2, -0.15) is 0 Å². The van der Waals surface area contributed by atoms with Gasteiger partial charge in [0.1, 0.15) is 12.4 Å². The fourth-order valence-electron chi connectivity index (χ4n) is 1.79. The second-order valence-electron chi connectivity index (χ2n) is 4.08. The zero-order chi connectivity index (χ0) is 13.1. The Morgan fingerprint density at radius 3 is 3.05 bits per heavy atom. The fraction of sp³-hybridized carbons (Fsp3) is 0.167. The zero-order valence-corrected chi connectivity index (χ0v) is 10.1. The van der Waals surface area contributed by atoms with Crippen molar-refractivity contribution in [3.05, 3.63) is 42.5 Å². The van der Waals surface area contributed by atoms with Crippen LogP contribution in [0.25, 0.3) is 11.0 Å². The molecular formula is C12H12N6O. The molecule has 1 amide bonds. The number of fused-ring (bicyclic) bond motifs is 1. The summed E-state index contributed by atoms with van der Waals surface area (Å²) in [7, 11) is 0. The van der Waals surface area contributed by atoms with E-state index in [4.69, 9.17) is 0 Å².